The fourth-order valence-electron chi connectivity index (χ4n) is 5.33. The summed E-state index contributed by atoms with van der Waals surface area (Å²) in [6, 6.07) is 8.20. The van der Waals surface area contributed by atoms with Gasteiger partial charge >= 0.3 is 0 Å². The van der Waals surface area contributed by atoms with Crippen LogP contribution >= 0.6 is 11.8 Å². The maximum atomic E-state index is 12.6. The number of piperidine rings is 1. The Morgan fingerprint density at radius 2 is 1.81 bits per heavy atom. The van der Waals surface area contributed by atoms with Gasteiger partial charge in [-0.25, -0.2) is 0 Å². The average molecular weight is 514 g/mol. The second-order valence-electron chi connectivity index (χ2n) is 10.00. The second-order valence-corrected chi connectivity index (χ2v) is 11.0. The highest BCUT2D eigenvalue weighted by atomic mass is 32.2. The minimum Gasteiger partial charge on any atom is -0.378 e. The Morgan fingerprint density at radius 1 is 1.03 bits per heavy atom. The number of thioether (sulfide) groups is 1. The summed E-state index contributed by atoms with van der Waals surface area (Å²) in [5, 5.41) is 7.36. The van der Waals surface area contributed by atoms with Crippen LogP contribution in [0.3, 0.4) is 0 Å². The van der Waals surface area contributed by atoms with E-state index in [1.54, 1.807) is 11.8 Å². The summed E-state index contributed by atoms with van der Waals surface area (Å²) in [6.45, 7) is 13.0. The van der Waals surface area contributed by atoms with Crippen LogP contribution in [0.4, 0.5) is 0 Å². The first-order valence-electron chi connectivity index (χ1n) is 13.4. The van der Waals surface area contributed by atoms with Crippen molar-refractivity contribution < 1.29 is 14.3 Å². The molecule has 2 aromatic rings. The number of nitrogens with one attached hydrogen (secondary N) is 1. The van der Waals surface area contributed by atoms with Gasteiger partial charge in [0.05, 0.1) is 31.6 Å². The Bertz CT molecular complexity index is 1000. The molecule has 1 aromatic carbocycles. The summed E-state index contributed by atoms with van der Waals surface area (Å²) in [5.41, 5.74) is 3.69. The van der Waals surface area contributed by atoms with Crippen molar-refractivity contribution in [1.29, 1.82) is 0 Å². The fourth-order valence-corrected chi connectivity index (χ4v) is 6.40. The largest absolute Gasteiger partial charge is 0.378 e. The van der Waals surface area contributed by atoms with Gasteiger partial charge in [0.1, 0.15) is 5.69 Å². The molecule has 0 radical (unpaired) electrons. The van der Waals surface area contributed by atoms with Gasteiger partial charge in [-0.2, -0.15) is 5.10 Å². The van der Waals surface area contributed by atoms with E-state index in [2.05, 4.69) is 39.1 Å². The van der Waals surface area contributed by atoms with Crippen LogP contribution in [0, 0.1) is 0 Å². The number of hydrogen-bond donors (Lipinski definition) is 1. The molecule has 8 nitrogen and oxygen atoms in total. The number of likely N-dealkylation sites (tertiary alicyclic amines) is 1. The lowest BCUT2D eigenvalue weighted by atomic mass is 10.1. The predicted octanol–water partition coefficient (Wildman–Crippen LogP) is 3.35. The maximum Gasteiger partial charge on any atom is 0.272 e. The molecular formula is C27H39N5O3S. The standard InChI is InChI=1S/C15H15N3O2S.C12H24N2O/c19-15(18-5-7-20-8-6-18)14-11-9-21-12-4-2-1-3-10(12)13(11)16-17-14;1-12-11-14(9-10-15-12)8-7-13-5-3-2-4-6-13/h1-4H,5-9H2,(H,16,17);12H,2-11H2,1H3. The quantitative estimate of drug-likeness (QED) is 0.672. The number of rotatable bonds is 4. The zero-order valence-corrected chi connectivity index (χ0v) is 22.2. The molecule has 1 atom stereocenters. The Hall–Kier alpha value is -1.91. The normalized spacial score (nSPS) is 22.8. The Balaban J connectivity index is 0.000000157. The van der Waals surface area contributed by atoms with Crippen molar-refractivity contribution in [3.05, 3.63) is 35.5 Å². The molecule has 0 aliphatic carbocycles. The van der Waals surface area contributed by atoms with E-state index in [-0.39, 0.29) is 5.91 Å². The molecule has 9 heteroatoms. The predicted molar refractivity (Wildman–Crippen MR) is 142 cm³/mol. The lowest BCUT2D eigenvalue weighted by Crippen LogP contribution is -2.45. The summed E-state index contributed by atoms with van der Waals surface area (Å²) >= 11 is 1.76. The molecular weight excluding hydrogens is 474 g/mol. The van der Waals surface area contributed by atoms with Gasteiger partial charge in [-0.3, -0.25) is 14.8 Å². The van der Waals surface area contributed by atoms with Gasteiger partial charge in [0.15, 0.2) is 0 Å². The van der Waals surface area contributed by atoms with Crippen LogP contribution in [-0.4, -0.2) is 109 Å². The summed E-state index contributed by atoms with van der Waals surface area (Å²) in [4.78, 5) is 20.9. The molecule has 196 valence electrons. The lowest BCUT2D eigenvalue weighted by Gasteiger charge is -2.34. The molecule has 0 spiro atoms. The summed E-state index contributed by atoms with van der Waals surface area (Å²) < 4.78 is 10.8. The minimum absolute atomic E-state index is 0.0343. The third kappa shape index (κ3) is 6.31. The fraction of sp³-hybridized carbons (Fsp3) is 0.630. The van der Waals surface area contributed by atoms with E-state index in [9.17, 15) is 4.79 Å². The number of carbonyl (C=O) groups excluding carboxylic acids is 1. The number of carbonyl (C=O) groups is 1. The van der Waals surface area contributed by atoms with Gasteiger partial charge < -0.3 is 19.3 Å². The SMILES string of the molecule is CC1CN(CCN2CCCCC2)CCO1.O=C(c1[nH]nc2c1CSc1ccccc1-2)N1CCOCC1. The Labute approximate surface area is 218 Å². The molecule has 1 amide bonds. The number of fused-ring (bicyclic) bond motifs is 3. The van der Waals surface area contributed by atoms with E-state index in [0.717, 1.165) is 42.3 Å². The van der Waals surface area contributed by atoms with Crippen LogP contribution in [0.15, 0.2) is 29.2 Å². The average Bonchev–Trinajstić information content (AvgIpc) is 3.38. The zero-order valence-electron chi connectivity index (χ0n) is 21.4. The van der Waals surface area contributed by atoms with E-state index in [4.69, 9.17) is 9.47 Å². The summed E-state index contributed by atoms with van der Waals surface area (Å²) in [6.07, 6.45) is 4.67. The van der Waals surface area contributed by atoms with Crippen LogP contribution in [-0.2, 0) is 15.2 Å². The van der Waals surface area contributed by atoms with E-state index in [0.29, 0.717) is 38.1 Å². The topological polar surface area (TPSA) is 73.9 Å². The highest BCUT2D eigenvalue weighted by molar-refractivity contribution is 7.98. The molecule has 4 aliphatic heterocycles. The monoisotopic (exact) mass is 513 g/mol. The van der Waals surface area contributed by atoms with E-state index < -0.39 is 0 Å². The number of morpholine rings is 2. The molecule has 0 saturated carbocycles. The van der Waals surface area contributed by atoms with E-state index in [1.165, 1.54) is 50.3 Å². The van der Waals surface area contributed by atoms with Gasteiger partial charge in [-0.05, 0) is 38.9 Å². The van der Waals surface area contributed by atoms with Gasteiger partial charge in [-0.15, -0.1) is 11.8 Å². The van der Waals surface area contributed by atoms with Crippen molar-refractivity contribution >= 4 is 17.7 Å². The van der Waals surface area contributed by atoms with Gasteiger partial charge in [0, 0.05) is 61.0 Å². The van der Waals surface area contributed by atoms with Crippen LogP contribution in [0.5, 0.6) is 0 Å². The van der Waals surface area contributed by atoms with Crippen molar-refractivity contribution in [2.75, 3.05) is 72.2 Å². The zero-order chi connectivity index (χ0) is 24.7. The molecule has 1 N–H and O–H groups in total. The number of nitrogens with zero attached hydrogens (tertiary/aromatic N) is 4. The lowest BCUT2D eigenvalue weighted by molar-refractivity contribution is -0.0210. The molecule has 1 unspecified atom stereocenters. The van der Waals surface area contributed by atoms with Crippen LogP contribution < -0.4 is 0 Å². The van der Waals surface area contributed by atoms with Crippen molar-refractivity contribution in [2.24, 2.45) is 0 Å². The molecule has 36 heavy (non-hydrogen) atoms. The summed E-state index contributed by atoms with van der Waals surface area (Å²) in [5.74, 6) is 0.820. The second kappa shape index (κ2) is 12.6. The number of hydrogen-bond acceptors (Lipinski definition) is 7. The van der Waals surface area contributed by atoms with Gasteiger partial charge in [0.2, 0.25) is 0 Å². The van der Waals surface area contributed by atoms with Crippen LogP contribution in [0.25, 0.3) is 11.3 Å². The Kier molecular flexibility index (Phi) is 8.97. The highest BCUT2D eigenvalue weighted by Crippen LogP contribution is 2.41. The first-order chi connectivity index (χ1) is 17.7. The van der Waals surface area contributed by atoms with Gasteiger partial charge in [-0.1, -0.05) is 24.6 Å². The molecule has 5 heterocycles. The molecule has 4 aliphatic rings. The molecule has 3 saturated heterocycles. The molecule has 3 fully saturated rings. The number of H-pyrrole nitrogens is 1. The number of benzene rings is 1. The first-order valence-corrected chi connectivity index (χ1v) is 14.4. The molecule has 6 rings (SSSR count). The first kappa shape index (κ1) is 25.7. The maximum absolute atomic E-state index is 12.6. The molecule has 0 bridgehead atoms. The van der Waals surface area contributed by atoms with Crippen molar-refractivity contribution in [3.63, 3.8) is 0 Å². The Morgan fingerprint density at radius 3 is 2.61 bits per heavy atom. The smallest absolute Gasteiger partial charge is 0.272 e. The number of aromatic nitrogens is 2. The third-order valence-corrected chi connectivity index (χ3v) is 8.50. The van der Waals surface area contributed by atoms with E-state index >= 15 is 0 Å². The number of ether oxygens (including phenoxy) is 2. The molecule has 1 aromatic heterocycles. The summed E-state index contributed by atoms with van der Waals surface area (Å²) in [7, 11) is 0. The van der Waals surface area contributed by atoms with Crippen LogP contribution in [0.1, 0.15) is 42.2 Å². The van der Waals surface area contributed by atoms with Crippen molar-refractivity contribution in [2.45, 2.75) is 42.9 Å². The van der Waals surface area contributed by atoms with Gasteiger partial charge in [0.25, 0.3) is 5.91 Å². The van der Waals surface area contributed by atoms with Crippen molar-refractivity contribution in [3.8, 4) is 11.3 Å². The number of amides is 1. The number of aromatic amines is 1. The third-order valence-electron chi connectivity index (χ3n) is 7.40. The van der Waals surface area contributed by atoms with Crippen molar-refractivity contribution in [1.82, 2.24) is 24.9 Å². The van der Waals surface area contributed by atoms with E-state index in [1.807, 2.05) is 17.0 Å². The minimum atomic E-state index is 0.0343. The highest BCUT2D eigenvalue weighted by Gasteiger charge is 2.28. The van der Waals surface area contributed by atoms with Crippen LogP contribution in [0.2, 0.25) is 0 Å².